The van der Waals surface area contributed by atoms with Gasteiger partial charge in [0.2, 0.25) is 15.9 Å². The standard InChI is InChI=1S/C21H22N2O5S/c1-15-2-7-20-19(12-15)16(14-28-20)13-21(24)22-17-3-5-18(6-4-17)29(25,26)23-8-10-27-11-9-23/h2-7,12,14H,8-11,13H2,1H3,(H,22,24). The highest BCUT2D eigenvalue weighted by Crippen LogP contribution is 2.24. The second-order valence-corrected chi connectivity index (χ2v) is 8.96. The average Bonchev–Trinajstić information content (AvgIpc) is 3.11. The van der Waals surface area contributed by atoms with Crippen molar-refractivity contribution >= 4 is 32.6 Å². The molecule has 3 aromatic rings. The number of anilines is 1. The lowest BCUT2D eigenvalue weighted by Crippen LogP contribution is -2.40. The average molecular weight is 414 g/mol. The van der Waals surface area contributed by atoms with Gasteiger partial charge in [-0.2, -0.15) is 4.31 Å². The van der Waals surface area contributed by atoms with Crippen molar-refractivity contribution in [2.75, 3.05) is 31.6 Å². The predicted molar refractivity (Wildman–Crippen MR) is 109 cm³/mol. The first kappa shape index (κ1) is 19.6. The molecule has 0 bridgehead atoms. The number of sulfonamides is 1. The zero-order valence-electron chi connectivity index (χ0n) is 16.1. The Bertz CT molecular complexity index is 1130. The molecule has 1 aromatic heterocycles. The number of ether oxygens (including phenoxy) is 1. The van der Waals surface area contributed by atoms with Crippen LogP contribution >= 0.6 is 0 Å². The summed E-state index contributed by atoms with van der Waals surface area (Å²) in [7, 11) is -3.55. The Hall–Kier alpha value is -2.68. The summed E-state index contributed by atoms with van der Waals surface area (Å²) in [6, 6.07) is 12.1. The van der Waals surface area contributed by atoms with Crippen LogP contribution in [-0.4, -0.2) is 44.9 Å². The number of morpholine rings is 1. The molecule has 2 heterocycles. The lowest BCUT2D eigenvalue weighted by atomic mass is 10.1. The van der Waals surface area contributed by atoms with Gasteiger partial charge in [-0.15, -0.1) is 0 Å². The molecule has 2 aromatic carbocycles. The fourth-order valence-electron chi connectivity index (χ4n) is 3.36. The second kappa shape index (κ2) is 7.98. The number of hydrogen-bond donors (Lipinski definition) is 1. The summed E-state index contributed by atoms with van der Waals surface area (Å²) >= 11 is 0. The molecule has 1 fully saturated rings. The van der Waals surface area contributed by atoms with Gasteiger partial charge in [0, 0.05) is 29.7 Å². The smallest absolute Gasteiger partial charge is 0.243 e. The molecule has 8 heteroatoms. The van der Waals surface area contributed by atoms with E-state index in [1.54, 1.807) is 18.4 Å². The van der Waals surface area contributed by atoms with Gasteiger partial charge in [-0.05, 0) is 43.3 Å². The van der Waals surface area contributed by atoms with E-state index in [4.69, 9.17) is 9.15 Å². The highest BCUT2D eigenvalue weighted by molar-refractivity contribution is 7.89. The Morgan fingerprint density at radius 2 is 1.83 bits per heavy atom. The van der Waals surface area contributed by atoms with Crippen molar-refractivity contribution in [3.8, 4) is 0 Å². The van der Waals surface area contributed by atoms with Gasteiger partial charge in [0.1, 0.15) is 5.58 Å². The zero-order valence-corrected chi connectivity index (χ0v) is 16.9. The number of furan rings is 1. The molecular formula is C21H22N2O5S. The lowest BCUT2D eigenvalue weighted by Gasteiger charge is -2.26. The number of hydrogen-bond acceptors (Lipinski definition) is 5. The van der Waals surface area contributed by atoms with Crippen LogP contribution in [0.5, 0.6) is 0 Å². The Morgan fingerprint density at radius 1 is 1.10 bits per heavy atom. The Balaban J connectivity index is 1.44. The van der Waals surface area contributed by atoms with Crippen LogP contribution in [0.2, 0.25) is 0 Å². The van der Waals surface area contributed by atoms with E-state index in [2.05, 4.69) is 5.32 Å². The van der Waals surface area contributed by atoms with Gasteiger partial charge in [-0.3, -0.25) is 4.79 Å². The van der Waals surface area contributed by atoms with Crippen LogP contribution < -0.4 is 5.32 Å². The predicted octanol–water partition coefficient (Wildman–Crippen LogP) is 2.94. The summed E-state index contributed by atoms with van der Waals surface area (Å²) in [5.41, 5.74) is 3.20. The zero-order chi connectivity index (χ0) is 20.4. The van der Waals surface area contributed by atoms with E-state index in [-0.39, 0.29) is 17.2 Å². The van der Waals surface area contributed by atoms with Gasteiger partial charge in [-0.1, -0.05) is 11.6 Å². The first-order chi connectivity index (χ1) is 13.9. The molecule has 1 amide bonds. The van der Waals surface area contributed by atoms with E-state index >= 15 is 0 Å². The molecule has 1 aliphatic rings. The Labute approximate surface area is 169 Å². The lowest BCUT2D eigenvalue weighted by molar-refractivity contribution is -0.115. The maximum Gasteiger partial charge on any atom is 0.243 e. The number of fused-ring (bicyclic) bond motifs is 1. The van der Waals surface area contributed by atoms with Crippen LogP contribution in [0.15, 0.2) is 58.0 Å². The number of amides is 1. The van der Waals surface area contributed by atoms with Gasteiger partial charge < -0.3 is 14.5 Å². The molecule has 0 aliphatic carbocycles. The Morgan fingerprint density at radius 3 is 2.55 bits per heavy atom. The Kier molecular flexibility index (Phi) is 5.40. The number of nitrogens with one attached hydrogen (secondary N) is 1. The van der Waals surface area contributed by atoms with Gasteiger partial charge in [0.15, 0.2) is 0 Å². The molecular weight excluding hydrogens is 392 g/mol. The summed E-state index contributed by atoms with van der Waals surface area (Å²) in [4.78, 5) is 12.6. The first-order valence-corrected chi connectivity index (χ1v) is 10.8. The van der Waals surface area contributed by atoms with Crippen LogP contribution in [-0.2, 0) is 26.0 Å². The maximum atomic E-state index is 12.7. The molecule has 1 saturated heterocycles. The quantitative estimate of drug-likeness (QED) is 0.693. The van der Waals surface area contributed by atoms with Crippen LogP contribution in [0.1, 0.15) is 11.1 Å². The number of nitrogens with zero attached hydrogens (tertiary/aromatic N) is 1. The molecule has 0 spiro atoms. The minimum Gasteiger partial charge on any atom is -0.464 e. The number of carbonyl (C=O) groups excluding carboxylic acids is 1. The minimum absolute atomic E-state index is 0.171. The topological polar surface area (TPSA) is 88.8 Å². The molecule has 0 atom stereocenters. The summed E-state index contributed by atoms with van der Waals surface area (Å²) in [6.45, 7) is 3.48. The van der Waals surface area contributed by atoms with E-state index in [0.29, 0.717) is 32.0 Å². The van der Waals surface area contributed by atoms with Crippen molar-refractivity contribution in [2.24, 2.45) is 0 Å². The van der Waals surface area contributed by atoms with Gasteiger partial charge in [0.25, 0.3) is 0 Å². The minimum atomic E-state index is -3.55. The number of carbonyl (C=O) groups is 1. The molecule has 0 radical (unpaired) electrons. The number of rotatable bonds is 5. The molecule has 0 saturated carbocycles. The third-order valence-corrected chi connectivity index (χ3v) is 6.82. The van der Waals surface area contributed by atoms with E-state index in [0.717, 1.165) is 22.1 Å². The van der Waals surface area contributed by atoms with Crippen molar-refractivity contribution in [3.63, 3.8) is 0 Å². The summed E-state index contributed by atoms with van der Waals surface area (Å²) in [6.07, 6.45) is 1.77. The highest BCUT2D eigenvalue weighted by Gasteiger charge is 2.26. The summed E-state index contributed by atoms with van der Waals surface area (Å²) in [5.74, 6) is -0.196. The second-order valence-electron chi connectivity index (χ2n) is 7.03. The van der Waals surface area contributed by atoms with Crippen molar-refractivity contribution in [3.05, 3.63) is 59.9 Å². The van der Waals surface area contributed by atoms with Crippen LogP contribution in [0.25, 0.3) is 11.0 Å². The van der Waals surface area contributed by atoms with Gasteiger partial charge in [-0.25, -0.2) is 8.42 Å². The van der Waals surface area contributed by atoms with Crippen molar-refractivity contribution in [1.29, 1.82) is 0 Å². The maximum absolute atomic E-state index is 12.7. The van der Waals surface area contributed by atoms with Gasteiger partial charge >= 0.3 is 0 Å². The fourth-order valence-corrected chi connectivity index (χ4v) is 4.76. The normalized spacial score (nSPS) is 15.5. The SMILES string of the molecule is Cc1ccc2occ(CC(=O)Nc3ccc(S(=O)(=O)N4CCOCC4)cc3)c2c1. The summed E-state index contributed by atoms with van der Waals surface area (Å²) < 4.78 is 37.4. The van der Waals surface area contributed by atoms with Crippen molar-refractivity contribution < 1.29 is 22.4 Å². The van der Waals surface area contributed by atoms with Crippen LogP contribution in [0, 0.1) is 6.92 Å². The van der Waals surface area contributed by atoms with E-state index in [1.807, 2.05) is 25.1 Å². The molecule has 7 nitrogen and oxygen atoms in total. The molecule has 0 unspecified atom stereocenters. The number of aryl methyl sites for hydroxylation is 1. The van der Waals surface area contributed by atoms with E-state index in [1.165, 1.54) is 16.4 Å². The summed E-state index contributed by atoms with van der Waals surface area (Å²) in [5, 5.41) is 3.73. The third-order valence-electron chi connectivity index (χ3n) is 4.91. The van der Waals surface area contributed by atoms with Crippen LogP contribution in [0.3, 0.4) is 0 Å². The third kappa shape index (κ3) is 4.19. The van der Waals surface area contributed by atoms with E-state index in [9.17, 15) is 13.2 Å². The fraction of sp³-hybridized carbons (Fsp3) is 0.286. The largest absolute Gasteiger partial charge is 0.464 e. The van der Waals surface area contributed by atoms with E-state index < -0.39 is 10.0 Å². The number of benzene rings is 2. The molecule has 1 aliphatic heterocycles. The molecule has 29 heavy (non-hydrogen) atoms. The monoisotopic (exact) mass is 414 g/mol. The molecule has 152 valence electrons. The first-order valence-electron chi connectivity index (χ1n) is 9.38. The van der Waals surface area contributed by atoms with Crippen LogP contribution in [0.4, 0.5) is 5.69 Å². The van der Waals surface area contributed by atoms with Crippen molar-refractivity contribution in [2.45, 2.75) is 18.2 Å². The van der Waals surface area contributed by atoms with Crippen molar-refractivity contribution in [1.82, 2.24) is 4.31 Å². The van der Waals surface area contributed by atoms with Gasteiger partial charge in [0.05, 0.1) is 30.8 Å². The molecule has 4 rings (SSSR count). The highest BCUT2D eigenvalue weighted by atomic mass is 32.2. The molecule has 1 N–H and O–H groups in total.